The Morgan fingerprint density at radius 1 is 0.513 bits per heavy atom. The number of fused-ring (bicyclic) bond motifs is 5. The molecule has 4 nitrogen and oxygen atoms in total. The maximum Gasteiger partial charge on any atom is 0.227 e. The molecule has 39 heavy (non-hydrogen) atoms. The number of para-hydroxylation sites is 4. The fourth-order valence-corrected chi connectivity index (χ4v) is 5.50. The van der Waals surface area contributed by atoms with Crippen LogP contribution in [-0.4, -0.2) is 4.98 Å². The van der Waals surface area contributed by atoms with Gasteiger partial charge in [-0.3, -0.25) is 0 Å². The van der Waals surface area contributed by atoms with Crippen molar-refractivity contribution in [1.82, 2.24) is 4.98 Å². The number of nitrogens with zero attached hydrogens (tertiary/aromatic N) is 2. The predicted octanol–water partition coefficient (Wildman–Crippen LogP) is 10.0. The van der Waals surface area contributed by atoms with Crippen LogP contribution in [0.3, 0.4) is 0 Å². The van der Waals surface area contributed by atoms with E-state index in [-0.39, 0.29) is 0 Å². The first-order chi connectivity index (χ1) is 19.3. The third-order valence-corrected chi connectivity index (χ3v) is 7.25. The molecule has 6 aromatic carbocycles. The molecule has 0 atom stereocenters. The Morgan fingerprint density at radius 2 is 1.21 bits per heavy atom. The SMILES string of the molecule is c1ccc(N(c2ccccc2)c2c3ccccc3cc3oc4ccc(-c5nc6ccccc6o5)cc4c23)cc1. The van der Waals surface area contributed by atoms with Gasteiger partial charge in [0.25, 0.3) is 0 Å². The van der Waals surface area contributed by atoms with Gasteiger partial charge < -0.3 is 13.7 Å². The molecule has 8 aromatic rings. The lowest BCUT2D eigenvalue weighted by molar-refractivity contribution is 0.620. The summed E-state index contributed by atoms with van der Waals surface area (Å²) in [5.74, 6) is 0.595. The number of anilines is 3. The third-order valence-electron chi connectivity index (χ3n) is 7.25. The lowest BCUT2D eigenvalue weighted by atomic mass is 10.00. The molecule has 0 bridgehead atoms. The lowest BCUT2D eigenvalue weighted by Crippen LogP contribution is -2.10. The van der Waals surface area contributed by atoms with Gasteiger partial charge in [0.2, 0.25) is 5.89 Å². The van der Waals surface area contributed by atoms with Crippen molar-refractivity contribution >= 4 is 60.9 Å². The highest BCUT2D eigenvalue weighted by Crippen LogP contribution is 2.47. The van der Waals surface area contributed by atoms with Crippen molar-refractivity contribution in [3.05, 3.63) is 133 Å². The molecule has 184 valence electrons. The van der Waals surface area contributed by atoms with Crippen molar-refractivity contribution in [2.45, 2.75) is 0 Å². The first-order valence-electron chi connectivity index (χ1n) is 13.0. The van der Waals surface area contributed by atoms with Gasteiger partial charge in [-0.15, -0.1) is 0 Å². The summed E-state index contributed by atoms with van der Waals surface area (Å²) in [4.78, 5) is 7.07. The van der Waals surface area contributed by atoms with E-state index in [1.807, 2.05) is 48.5 Å². The first-order valence-corrected chi connectivity index (χ1v) is 13.0. The van der Waals surface area contributed by atoms with Gasteiger partial charge in [-0.1, -0.05) is 72.8 Å². The Kier molecular flexibility index (Phi) is 4.79. The summed E-state index contributed by atoms with van der Waals surface area (Å²) >= 11 is 0. The summed E-state index contributed by atoms with van der Waals surface area (Å²) < 4.78 is 12.6. The lowest BCUT2D eigenvalue weighted by Gasteiger charge is -2.27. The summed E-state index contributed by atoms with van der Waals surface area (Å²) in [6, 6.07) is 45.6. The normalized spacial score (nSPS) is 11.6. The predicted molar refractivity (Wildman–Crippen MR) is 159 cm³/mol. The maximum atomic E-state index is 6.50. The number of hydrogen-bond donors (Lipinski definition) is 0. The van der Waals surface area contributed by atoms with Gasteiger partial charge in [-0.2, -0.15) is 0 Å². The van der Waals surface area contributed by atoms with Gasteiger partial charge in [0.05, 0.1) is 11.1 Å². The Hall–Kier alpha value is -5.35. The number of furan rings is 1. The van der Waals surface area contributed by atoms with Crippen LogP contribution in [0.5, 0.6) is 0 Å². The number of hydrogen-bond acceptors (Lipinski definition) is 4. The molecular formula is C35H22N2O2. The van der Waals surface area contributed by atoms with Gasteiger partial charge in [-0.05, 0) is 66.0 Å². The van der Waals surface area contributed by atoms with E-state index in [0.717, 1.165) is 66.4 Å². The fraction of sp³-hybridized carbons (Fsp3) is 0. The molecule has 0 aliphatic carbocycles. The molecule has 0 spiro atoms. The van der Waals surface area contributed by atoms with E-state index in [1.165, 1.54) is 0 Å². The summed E-state index contributed by atoms with van der Waals surface area (Å²) in [6.45, 7) is 0. The van der Waals surface area contributed by atoms with Gasteiger partial charge >= 0.3 is 0 Å². The van der Waals surface area contributed by atoms with E-state index >= 15 is 0 Å². The van der Waals surface area contributed by atoms with E-state index in [2.05, 4.69) is 89.8 Å². The Bertz CT molecular complexity index is 2050. The molecule has 0 aliphatic heterocycles. The number of oxazole rings is 1. The van der Waals surface area contributed by atoms with Gasteiger partial charge in [0, 0.05) is 27.7 Å². The van der Waals surface area contributed by atoms with Crippen LogP contribution in [0.25, 0.3) is 55.3 Å². The Balaban J connectivity index is 1.48. The minimum Gasteiger partial charge on any atom is -0.456 e. The fourth-order valence-electron chi connectivity index (χ4n) is 5.50. The highest BCUT2D eigenvalue weighted by atomic mass is 16.3. The molecule has 0 aliphatic rings. The van der Waals surface area contributed by atoms with Crippen molar-refractivity contribution < 1.29 is 8.83 Å². The average molecular weight is 503 g/mol. The Morgan fingerprint density at radius 3 is 1.97 bits per heavy atom. The van der Waals surface area contributed by atoms with E-state index in [0.29, 0.717) is 5.89 Å². The van der Waals surface area contributed by atoms with E-state index in [9.17, 15) is 0 Å². The second kappa shape index (κ2) is 8.61. The van der Waals surface area contributed by atoms with E-state index < -0.39 is 0 Å². The molecule has 0 fully saturated rings. The molecule has 0 amide bonds. The van der Waals surface area contributed by atoms with Crippen LogP contribution < -0.4 is 4.90 Å². The van der Waals surface area contributed by atoms with Crippen molar-refractivity contribution in [3.63, 3.8) is 0 Å². The van der Waals surface area contributed by atoms with E-state index in [4.69, 9.17) is 13.8 Å². The number of aromatic nitrogens is 1. The zero-order valence-corrected chi connectivity index (χ0v) is 20.9. The number of rotatable bonds is 4. The van der Waals surface area contributed by atoms with Crippen LogP contribution in [0.1, 0.15) is 0 Å². The third kappa shape index (κ3) is 3.50. The minimum atomic E-state index is 0.595. The van der Waals surface area contributed by atoms with Crippen LogP contribution in [-0.2, 0) is 0 Å². The Labute approximate surface area is 224 Å². The van der Waals surface area contributed by atoms with Crippen molar-refractivity contribution in [2.75, 3.05) is 4.90 Å². The summed E-state index contributed by atoms with van der Waals surface area (Å²) in [6.07, 6.45) is 0. The topological polar surface area (TPSA) is 42.4 Å². The molecular weight excluding hydrogens is 480 g/mol. The molecule has 4 heteroatoms. The van der Waals surface area contributed by atoms with Crippen LogP contribution in [0.15, 0.2) is 142 Å². The van der Waals surface area contributed by atoms with Gasteiger partial charge in [0.15, 0.2) is 5.58 Å². The van der Waals surface area contributed by atoms with Crippen molar-refractivity contribution in [3.8, 4) is 11.5 Å². The monoisotopic (exact) mass is 502 g/mol. The molecule has 0 unspecified atom stereocenters. The minimum absolute atomic E-state index is 0.595. The molecule has 2 heterocycles. The molecule has 8 rings (SSSR count). The summed E-state index contributed by atoms with van der Waals surface area (Å²) in [5.41, 5.74) is 7.41. The smallest absolute Gasteiger partial charge is 0.227 e. The second-order valence-corrected chi connectivity index (χ2v) is 9.63. The number of benzene rings is 6. The van der Waals surface area contributed by atoms with Crippen LogP contribution in [0.2, 0.25) is 0 Å². The standard InChI is InChI=1S/C35H22N2O2/c1-3-12-25(13-4-1)37(26-14-5-2-6-15-26)34-27-16-8-7-11-23(27)22-32-33(34)28-21-24(19-20-30(28)38-32)35-36-29-17-9-10-18-31(29)39-35/h1-22H. The van der Waals surface area contributed by atoms with Gasteiger partial charge in [0.1, 0.15) is 16.7 Å². The van der Waals surface area contributed by atoms with Crippen LogP contribution in [0, 0.1) is 0 Å². The molecule has 0 saturated heterocycles. The molecule has 2 aromatic heterocycles. The van der Waals surface area contributed by atoms with Crippen molar-refractivity contribution in [1.29, 1.82) is 0 Å². The molecule has 0 radical (unpaired) electrons. The second-order valence-electron chi connectivity index (χ2n) is 9.63. The molecule has 0 N–H and O–H groups in total. The quantitative estimate of drug-likeness (QED) is 0.240. The van der Waals surface area contributed by atoms with Gasteiger partial charge in [-0.25, -0.2) is 4.98 Å². The largest absolute Gasteiger partial charge is 0.456 e. The highest BCUT2D eigenvalue weighted by molar-refractivity contribution is 6.22. The highest BCUT2D eigenvalue weighted by Gasteiger charge is 2.23. The van der Waals surface area contributed by atoms with Crippen LogP contribution in [0.4, 0.5) is 17.1 Å². The van der Waals surface area contributed by atoms with E-state index in [1.54, 1.807) is 0 Å². The first kappa shape index (κ1) is 21.7. The molecule has 0 saturated carbocycles. The zero-order valence-electron chi connectivity index (χ0n) is 20.9. The van der Waals surface area contributed by atoms with Crippen LogP contribution >= 0.6 is 0 Å². The van der Waals surface area contributed by atoms with Crippen molar-refractivity contribution in [2.24, 2.45) is 0 Å². The summed E-state index contributed by atoms with van der Waals surface area (Å²) in [5, 5.41) is 4.33. The maximum absolute atomic E-state index is 6.50. The summed E-state index contributed by atoms with van der Waals surface area (Å²) in [7, 11) is 0. The zero-order chi connectivity index (χ0) is 25.8. The average Bonchev–Trinajstić information content (AvgIpc) is 3.59.